The maximum Gasteiger partial charge on any atom is 0.229 e. The van der Waals surface area contributed by atoms with Gasteiger partial charge < -0.3 is 29.9 Å². The van der Waals surface area contributed by atoms with Gasteiger partial charge in [0.25, 0.3) is 0 Å². The molecule has 2 aromatic rings. The fraction of sp³-hybridized carbons (Fsp3) is 0.300. The van der Waals surface area contributed by atoms with Gasteiger partial charge in [-0.25, -0.2) is 0 Å². The van der Waals surface area contributed by atoms with Gasteiger partial charge in [-0.1, -0.05) is 54.6 Å². The molecule has 1 heterocycles. The van der Waals surface area contributed by atoms with E-state index in [-0.39, 0.29) is 0 Å². The highest BCUT2D eigenvalue weighted by Crippen LogP contribution is 2.24. The Labute approximate surface area is 151 Å². The first-order valence-electron chi connectivity index (χ1n) is 8.39. The number of ether oxygens (including phenoxy) is 2. The van der Waals surface area contributed by atoms with Crippen LogP contribution in [-0.2, 0) is 4.74 Å². The fourth-order valence-electron chi connectivity index (χ4n) is 2.71. The van der Waals surface area contributed by atoms with E-state index in [9.17, 15) is 20.4 Å². The van der Waals surface area contributed by atoms with Crippen molar-refractivity contribution in [3.8, 4) is 5.75 Å². The van der Waals surface area contributed by atoms with Crippen molar-refractivity contribution >= 4 is 12.2 Å². The van der Waals surface area contributed by atoms with Gasteiger partial charge in [-0.15, -0.1) is 0 Å². The normalized spacial score (nSPS) is 29.0. The molecule has 1 saturated heterocycles. The van der Waals surface area contributed by atoms with E-state index < -0.39 is 37.3 Å². The zero-order valence-electron chi connectivity index (χ0n) is 14.1. The van der Waals surface area contributed by atoms with Crippen molar-refractivity contribution in [3.63, 3.8) is 0 Å². The van der Waals surface area contributed by atoms with Gasteiger partial charge in [0.2, 0.25) is 6.29 Å². The van der Waals surface area contributed by atoms with E-state index in [1.54, 1.807) is 12.1 Å². The minimum absolute atomic E-state index is 0.436. The molecule has 3 rings (SSSR count). The Bertz CT molecular complexity index is 713. The molecule has 6 heteroatoms. The lowest BCUT2D eigenvalue weighted by molar-refractivity contribution is -0.277. The first kappa shape index (κ1) is 18.6. The molecule has 2 unspecified atom stereocenters. The summed E-state index contributed by atoms with van der Waals surface area (Å²) in [5.74, 6) is 0.436. The van der Waals surface area contributed by atoms with Crippen LogP contribution in [0.4, 0.5) is 0 Å². The topological polar surface area (TPSA) is 99.4 Å². The molecule has 138 valence electrons. The van der Waals surface area contributed by atoms with E-state index in [0.29, 0.717) is 5.75 Å². The van der Waals surface area contributed by atoms with Crippen molar-refractivity contribution in [1.29, 1.82) is 0 Å². The van der Waals surface area contributed by atoms with Gasteiger partial charge in [-0.3, -0.25) is 0 Å². The van der Waals surface area contributed by atoms with Gasteiger partial charge in [0, 0.05) is 0 Å². The summed E-state index contributed by atoms with van der Waals surface area (Å²) in [6, 6.07) is 17.0. The highest BCUT2D eigenvalue weighted by Gasteiger charge is 2.44. The van der Waals surface area contributed by atoms with Crippen LogP contribution >= 0.6 is 0 Å². The first-order valence-corrected chi connectivity index (χ1v) is 8.39. The molecule has 0 aliphatic carbocycles. The summed E-state index contributed by atoms with van der Waals surface area (Å²) in [5.41, 5.74) is 2.06. The molecule has 2 aromatic carbocycles. The molecule has 4 N–H and O–H groups in total. The van der Waals surface area contributed by atoms with E-state index >= 15 is 0 Å². The summed E-state index contributed by atoms with van der Waals surface area (Å²) in [6.07, 6.45) is -2.51. The summed E-state index contributed by atoms with van der Waals surface area (Å²) >= 11 is 0. The van der Waals surface area contributed by atoms with E-state index in [4.69, 9.17) is 9.47 Å². The summed E-state index contributed by atoms with van der Waals surface area (Å²) in [4.78, 5) is 0. The van der Waals surface area contributed by atoms with Crippen molar-refractivity contribution in [2.75, 3.05) is 6.61 Å². The van der Waals surface area contributed by atoms with E-state index in [1.165, 1.54) is 0 Å². The van der Waals surface area contributed by atoms with Gasteiger partial charge in [0.1, 0.15) is 30.2 Å². The average molecular weight is 358 g/mol. The molecular weight excluding hydrogens is 336 g/mol. The van der Waals surface area contributed by atoms with Crippen molar-refractivity contribution in [2.45, 2.75) is 30.7 Å². The zero-order chi connectivity index (χ0) is 18.5. The van der Waals surface area contributed by atoms with E-state index in [1.807, 2.05) is 54.6 Å². The Kier molecular flexibility index (Phi) is 6.03. The molecule has 6 nitrogen and oxygen atoms in total. The largest absolute Gasteiger partial charge is 0.462 e. The Hall–Kier alpha value is -2.22. The molecule has 0 radical (unpaired) electrons. The third-order valence-corrected chi connectivity index (χ3v) is 4.25. The fourth-order valence-corrected chi connectivity index (χ4v) is 2.71. The van der Waals surface area contributed by atoms with Crippen molar-refractivity contribution in [2.24, 2.45) is 0 Å². The molecule has 1 aliphatic rings. The van der Waals surface area contributed by atoms with Gasteiger partial charge in [-0.05, 0) is 23.3 Å². The minimum atomic E-state index is -1.46. The Morgan fingerprint density at radius 3 is 2.04 bits per heavy atom. The monoisotopic (exact) mass is 358 g/mol. The third kappa shape index (κ3) is 4.30. The summed E-state index contributed by atoms with van der Waals surface area (Å²) < 4.78 is 10.9. The van der Waals surface area contributed by atoms with Crippen molar-refractivity contribution in [3.05, 3.63) is 65.7 Å². The maximum absolute atomic E-state index is 9.99. The van der Waals surface area contributed by atoms with Gasteiger partial charge >= 0.3 is 0 Å². The van der Waals surface area contributed by atoms with Crippen LogP contribution in [0.3, 0.4) is 0 Å². The van der Waals surface area contributed by atoms with Crippen molar-refractivity contribution < 1.29 is 29.9 Å². The quantitative estimate of drug-likeness (QED) is 0.596. The SMILES string of the molecule is OCC1O[C@@H](Oc2ccc(/C=C/c3ccccc3)cc2)C(O)[C@@H](O)[C@@H]1O. The molecule has 1 aliphatic heterocycles. The van der Waals surface area contributed by atoms with E-state index in [0.717, 1.165) is 11.1 Å². The van der Waals surface area contributed by atoms with Gasteiger partial charge in [0.15, 0.2) is 0 Å². The van der Waals surface area contributed by atoms with Crippen LogP contribution in [0.5, 0.6) is 5.75 Å². The molecular formula is C20H22O6. The highest BCUT2D eigenvalue weighted by atomic mass is 16.7. The molecule has 0 spiro atoms. The van der Waals surface area contributed by atoms with Crippen LogP contribution in [0.1, 0.15) is 11.1 Å². The molecule has 0 amide bonds. The Morgan fingerprint density at radius 1 is 0.808 bits per heavy atom. The maximum atomic E-state index is 9.99. The second-order valence-corrected chi connectivity index (χ2v) is 6.13. The third-order valence-electron chi connectivity index (χ3n) is 4.25. The van der Waals surface area contributed by atoms with Crippen LogP contribution in [0.2, 0.25) is 0 Å². The van der Waals surface area contributed by atoms with Crippen LogP contribution in [0.15, 0.2) is 54.6 Å². The standard InChI is InChI=1S/C20H22O6/c21-12-16-17(22)18(23)19(24)20(26-16)25-15-10-8-14(9-11-15)7-6-13-4-2-1-3-5-13/h1-11,16-24H,12H2/b7-6+/t16?,17-,18+,19?,20-/m1/s1. The van der Waals surface area contributed by atoms with Gasteiger partial charge in [-0.2, -0.15) is 0 Å². The first-order chi connectivity index (χ1) is 12.6. The molecule has 0 saturated carbocycles. The van der Waals surface area contributed by atoms with E-state index in [2.05, 4.69) is 0 Å². The lowest BCUT2D eigenvalue weighted by Gasteiger charge is -2.39. The van der Waals surface area contributed by atoms with Gasteiger partial charge in [0.05, 0.1) is 6.61 Å². The second-order valence-electron chi connectivity index (χ2n) is 6.13. The molecule has 0 bridgehead atoms. The van der Waals surface area contributed by atoms with Crippen LogP contribution in [0.25, 0.3) is 12.2 Å². The Balaban J connectivity index is 1.64. The number of aliphatic hydroxyl groups excluding tert-OH is 4. The minimum Gasteiger partial charge on any atom is -0.462 e. The number of benzene rings is 2. The van der Waals surface area contributed by atoms with Crippen LogP contribution in [0, 0.1) is 0 Å². The summed E-state index contributed by atoms with van der Waals surface area (Å²) in [6.45, 7) is -0.492. The molecule has 26 heavy (non-hydrogen) atoms. The number of rotatable bonds is 5. The molecule has 0 aromatic heterocycles. The Morgan fingerprint density at radius 2 is 1.42 bits per heavy atom. The molecule has 1 fully saturated rings. The summed E-state index contributed by atoms with van der Waals surface area (Å²) in [5, 5.41) is 38.8. The lowest BCUT2D eigenvalue weighted by atomic mass is 9.99. The zero-order valence-corrected chi connectivity index (χ0v) is 14.1. The van der Waals surface area contributed by atoms with Crippen molar-refractivity contribution in [1.82, 2.24) is 0 Å². The lowest BCUT2D eigenvalue weighted by Crippen LogP contribution is -2.60. The smallest absolute Gasteiger partial charge is 0.229 e. The van der Waals surface area contributed by atoms with Crippen LogP contribution in [-0.4, -0.2) is 57.7 Å². The second kappa shape index (κ2) is 8.44. The number of hydrogen-bond donors (Lipinski definition) is 4. The van der Waals surface area contributed by atoms with Crippen LogP contribution < -0.4 is 4.74 Å². The predicted molar refractivity (Wildman–Crippen MR) is 96.2 cm³/mol. The molecule has 5 atom stereocenters. The number of aliphatic hydroxyl groups is 4. The number of hydrogen-bond acceptors (Lipinski definition) is 6. The highest BCUT2D eigenvalue weighted by molar-refractivity contribution is 5.69. The summed E-state index contributed by atoms with van der Waals surface area (Å²) in [7, 11) is 0. The predicted octanol–water partition coefficient (Wildman–Crippen LogP) is 1.04. The average Bonchev–Trinajstić information content (AvgIpc) is 2.68.